The van der Waals surface area contributed by atoms with Gasteiger partial charge in [-0.25, -0.2) is 0 Å². The van der Waals surface area contributed by atoms with Crippen molar-refractivity contribution in [3.8, 4) is 0 Å². The lowest BCUT2D eigenvalue weighted by Gasteiger charge is -2.14. The van der Waals surface area contributed by atoms with E-state index in [1.807, 2.05) is 6.92 Å². The van der Waals surface area contributed by atoms with E-state index in [0.29, 0.717) is 31.1 Å². The first kappa shape index (κ1) is 19.5. The van der Waals surface area contributed by atoms with E-state index in [9.17, 15) is 14.9 Å². The minimum Gasteiger partial charge on any atom is -0.354 e. The van der Waals surface area contributed by atoms with Gasteiger partial charge in [-0.3, -0.25) is 19.9 Å². The first-order valence-corrected chi connectivity index (χ1v) is 9.31. The van der Waals surface area contributed by atoms with E-state index in [0.717, 1.165) is 12.1 Å². The van der Waals surface area contributed by atoms with Crippen molar-refractivity contribution < 1.29 is 15.6 Å². The van der Waals surface area contributed by atoms with E-state index in [4.69, 9.17) is 5.89 Å². The summed E-state index contributed by atoms with van der Waals surface area (Å²) in [5.74, 6) is -0.127. The molecular weight excluding hydrogens is 341 g/mol. The van der Waals surface area contributed by atoms with Crippen LogP contribution in [0.5, 0.6) is 0 Å². The fraction of sp³-hybridized carbons (Fsp3) is 0.529. The molecule has 2 unspecified atom stereocenters. The Morgan fingerprint density at radius 2 is 2.40 bits per heavy atom. The van der Waals surface area contributed by atoms with E-state index < -0.39 is 11.0 Å². The maximum Gasteiger partial charge on any atom is 0.275 e. The summed E-state index contributed by atoms with van der Waals surface area (Å²) < 4.78 is 12.8. The molecule has 1 N–H and O–H groups in total. The molecule has 25 heavy (non-hydrogen) atoms. The number of benzene rings is 1. The Labute approximate surface area is 151 Å². The number of carbonyl (C=O) groups excluding carboxylic acids is 1. The Hall–Kier alpha value is -1.85. The smallest absolute Gasteiger partial charge is 0.275 e. The molecule has 0 aliphatic heterocycles. The van der Waals surface area contributed by atoms with Crippen molar-refractivity contribution in [2.75, 3.05) is 12.7 Å². The van der Waals surface area contributed by atoms with Crippen molar-refractivity contribution in [2.24, 2.45) is 4.99 Å². The summed E-state index contributed by atoms with van der Waals surface area (Å²) in [6.45, 7) is 4.96. The monoisotopic (exact) mass is 368 g/mol. The van der Waals surface area contributed by atoms with Crippen molar-refractivity contribution in [2.45, 2.75) is 46.2 Å². The number of aliphatic imine (C=N–C) groups is 1. The van der Waals surface area contributed by atoms with Crippen LogP contribution in [0.15, 0.2) is 23.2 Å². The number of carbonyl (C=O) groups is 1. The maximum absolute atomic E-state index is 11.7. The van der Waals surface area contributed by atoms with Crippen LogP contribution in [0.4, 0.5) is 5.69 Å². The molecule has 0 fully saturated rings. The lowest BCUT2D eigenvalue weighted by molar-refractivity contribution is -0.386. The van der Waals surface area contributed by atoms with Gasteiger partial charge in [-0.1, -0.05) is 13.0 Å². The van der Waals surface area contributed by atoms with Gasteiger partial charge in [0.05, 0.1) is 16.6 Å². The molecule has 0 aliphatic carbocycles. The van der Waals surface area contributed by atoms with Crippen molar-refractivity contribution in [1.29, 1.82) is 0 Å². The van der Waals surface area contributed by atoms with Crippen LogP contribution < -0.4 is 5.32 Å². The van der Waals surface area contributed by atoms with Crippen LogP contribution in [0.1, 0.15) is 52.2 Å². The third-order valence-corrected chi connectivity index (χ3v) is 4.24. The Kier molecular flexibility index (Phi) is 9.08. The van der Waals surface area contributed by atoms with Gasteiger partial charge < -0.3 is 9.84 Å². The predicted octanol–water partition coefficient (Wildman–Crippen LogP) is 3.77. The molecule has 0 spiro atoms. The summed E-state index contributed by atoms with van der Waals surface area (Å²) in [6, 6.07) is 4.79. The second kappa shape index (κ2) is 11.7. The van der Waals surface area contributed by atoms with E-state index in [-0.39, 0.29) is 27.3 Å². The van der Waals surface area contributed by atoms with Gasteiger partial charge in [0.25, 0.3) is 5.69 Å². The van der Waals surface area contributed by atoms with Gasteiger partial charge in [0, 0.05) is 48.1 Å². The highest BCUT2D eigenvalue weighted by atomic mass is 31.1. The Balaban J connectivity index is 2.75. The molecule has 1 rings (SSSR count). The molecule has 7 nitrogen and oxygen atoms in total. The summed E-state index contributed by atoms with van der Waals surface area (Å²) in [7, 11) is 0.172. The predicted molar refractivity (Wildman–Crippen MR) is 102 cm³/mol. The van der Waals surface area contributed by atoms with Crippen LogP contribution in [0.2, 0.25) is 0 Å². The molecule has 0 heterocycles. The number of hydrogen-bond acceptors (Lipinski definition) is 5. The average molecular weight is 368 g/mol. The van der Waals surface area contributed by atoms with Gasteiger partial charge in [0.2, 0.25) is 5.91 Å². The van der Waals surface area contributed by atoms with E-state index in [1.54, 1.807) is 25.3 Å². The molecular formula is C17H26N3O4P. The van der Waals surface area contributed by atoms with Crippen LogP contribution in [0.25, 0.3) is 0 Å². The standard InChI is InChI=1S/C17H26N3O4P/c1-4-6-17(21)19-12-14-7-8-16(20(22)23)15(11-14)13(3)24-25-10-9-18-5-2/h7-9,11,13,25H,4-6,10,12H2,1-3H3,(H,19,21)/i1D. The second-order valence-electron chi connectivity index (χ2n) is 5.32. The fourth-order valence-corrected chi connectivity index (χ4v) is 2.80. The Morgan fingerprint density at radius 3 is 3.08 bits per heavy atom. The quantitative estimate of drug-likeness (QED) is 0.211. The SMILES string of the molecule is [2H]CCCC(=O)NCc1ccc([N+](=O)[O-])c(C(C)OPCC=NCC)c1. The highest BCUT2D eigenvalue weighted by Crippen LogP contribution is 2.32. The lowest BCUT2D eigenvalue weighted by atomic mass is 10.0. The molecule has 1 aromatic rings. The number of hydrogen-bond donors (Lipinski definition) is 1. The molecule has 1 aromatic carbocycles. The normalized spacial score (nSPS) is 13.3. The fourth-order valence-electron chi connectivity index (χ4n) is 2.12. The minimum atomic E-state index is -0.428. The van der Waals surface area contributed by atoms with Crippen molar-refractivity contribution in [3.63, 3.8) is 0 Å². The molecule has 1 amide bonds. The topological polar surface area (TPSA) is 93.8 Å². The van der Waals surface area contributed by atoms with Crippen molar-refractivity contribution >= 4 is 26.6 Å². The van der Waals surface area contributed by atoms with Gasteiger partial charge in [-0.2, -0.15) is 0 Å². The molecule has 0 bridgehead atoms. The van der Waals surface area contributed by atoms with E-state index in [2.05, 4.69) is 10.3 Å². The number of nitro benzene ring substituents is 1. The number of nitro groups is 1. The van der Waals surface area contributed by atoms with E-state index >= 15 is 0 Å². The van der Waals surface area contributed by atoms with Crippen LogP contribution in [-0.4, -0.2) is 29.8 Å². The first-order valence-electron chi connectivity index (χ1n) is 8.90. The van der Waals surface area contributed by atoms with Crippen LogP contribution in [-0.2, 0) is 15.9 Å². The number of rotatable bonds is 11. The molecule has 0 saturated carbocycles. The Bertz CT molecular complexity index is 628. The summed E-state index contributed by atoms with van der Waals surface area (Å²) in [5, 5.41) is 14.0. The van der Waals surface area contributed by atoms with Gasteiger partial charge in [-0.15, -0.1) is 0 Å². The van der Waals surface area contributed by atoms with Gasteiger partial charge in [-0.05, 0) is 31.9 Å². The molecule has 2 atom stereocenters. The summed E-state index contributed by atoms with van der Waals surface area (Å²) in [5.41, 5.74) is 1.28. The second-order valence-corrected chi connectivity index (χ2v) is 6.25. The van der Waals surface area contributed by atoms with Gasteiger partial charge in [0.15, 0.2) is 0 Å². The van der Waals surface area contributed by atoms with E-state index in [1.165, 1.54) is 6.07 Å². The summed E-state index contributed by atoms with van der Waals surface area (Å²) in [4.78, 5) is 26.6. The lowest BCUT2D eigenvalue weighted by Crippen LogP contribution is -2.22. The van der Waals surface area contributed by atoms with Crippen molar-refractivity contribution in [3.05, 3.63) is 39.4 Å². The zero-order valence-electron chi connectivity index (χ0n) is 15.7. The summed E-state index contributed by atoms with van der Waals surface area (Å²) >= 11 is 0. The zero-order valence-corrected chi connectivity index (χ0v) is 15.7. The molecule has 8 heteroatoms. The number of nitrogens with one attached hydrogen (secondary N) is 1. The van der Waals surface area contributed by atoms with Crippen LogP contribution in [0, 0.1) is 10.1 Å². The maximum atomic E-state index is 11.7. The van der Waals surface area contributed by atoms with Gasteiger partial charge in [0.1, 0.15) is 0 Å². The third kappa shape index (κ3) is 7.71. The summed E-state index contributed by atoms with van der Waals surface area (Å²) in [6.07, 6.45) is 2.87. The average Bonchev–Trinajstić information content (AvgIpc) is 2.63. The largest absolute Gasteiger partial charge is 0.354 e. The van der Waals surface area contributed by atoms with Crippen LogP contribution >= 0.6 is 8.81 Å². The highest BCUT2D eigenvalue weighted by molar-refractivity contribution is 7.33. The molecule has 0 saturated heterocycles. The number of nitrogens with zero attached hydrogens (tertiary/aromatic N) is 2. The van der Waals surface area contributed by atoms with Crippen LogP contribution in [0.3, 0.4) is 0 Å². The molecule has 0 aliphatic rings. The molecule has 0 aromatic heterocycles. The molecule has 138 valence electrons. The van der Waals surface area contributed by atoms with Gasteiger partial charge >= 0.3 is 0 Å². The molecule has 0 radical (unpaired) electrons. The first-order chi connectivity index (χ1) is 12.5. The highest BCUT2D eigenvalue weighted by Gasteiger charge is 2.20. The minimum absolute atomic E-state index is 0.00816. The Morgan fingerprint density at radius 1 is 1.60 bits per heavy atom. The zero-order chi connectivity index (χ0) is 19.4. The van der Waals surface area contributed by atoms with Crippen molar-refractivity contribution in [1.82, 2.24) is 5.32 Å². The third-order valence-electron chi connectivity index (χ3n) is 3.37. The number of amides is 1.